The average molecular weight is 328 g/mol. The molecule has 0 aliphatic rings. The van der Waals surface area contributed by atoms with Crippen molar-refractivity contribution in [3.05, 3.63) is 35.4 Å². The lowest BCUT2D eigenvalue weighted by molar-refractivity contribution is 0.0754. The molecule has 1 rings (SSSR count). The second-order valence-electron chi connectivity index (χ2n) is 4.72. The highest BCUT2D eigenvalue weighted by molar-refractivity contribution is 9.08. The number of ether oxygens (including phenoxy) is 1. The van der Waals surface area contributed by atoms with Crippen LogP contribution >= 0.6 is 15.9 Å². The fourth-order valence-corrected chi connectivity index (χ4v) is 1.99. The van der Waals surface area contributed by atoms with E-state index in [1.807, 2.05) is 38.1 Å². The van der Waals surface area contributed by atoms with E-state index in [1.165, 1.54) is 0 Å². The van der Waals surface area contributed by atoms with Crippen molar-refractivity contribution < 1.29 is 9.53 Å². The molecule has 1 aromatic rings. The van der Waals surface area contributed by atoms with Crippen LogP contribution in [-0.4, -0.2) is 25.2 Å². The Morgan fingerprint density at radius 1 is 1.37 bits per heavy atom. The standard InChI is InChI=1S/C15H22BrNO2/c1-12(2)19-9-4-3-8-17-15(18)14-7-5-6-13(10-14)11-16/h5-7,10,12H,3-4,8-9,11H2,1-2H3,(H,17,18). The number of alkyl halides is 1. The van der Waals surface area contributed by atoms with Gasteiger partial charge in [0.2, 0.25) is 0 Å². The number of carbonyl (C=O) groups is 1. The Morgan fingerprint density at radius 3 is 2.84 bits per heavy atom. The van der Waals surface area contributed by atoms with E-state index in [0.717, 1.165) is 35.9 Å². The molecule has 0 fully saturated rings. The molecule has 3 nitrogen and oxygen atoms in total. The highest BCUT2D eigenvalue weighted by Crippen LogP contribution is 2.08. The maximum atomic E-state index is 11.9. The van der Waals surface area contributed by atoms with Gasteiger partial charge in [0.1, 0.15) is 0 Å². The van der Waals surface area contributed by atoms with Gasteiger partial charge in [0.05, 0.1) is 6.10 Å². The van der Waals surface area contributed by atoms with Crippen LogP contribution in [0.15, 0.2) is 24.3 Å². The Labute approximate surface area is 123 Å². The molecule has 4 heteroatoms. The number of hydrogen-bond donors (Lipinski definition) is 1. The number of nitrogens with one attached hydrogen (secondary N) is 1. The molecule has 1 aromatic carbocycles. The van der Waals surface area contributed by atoms with Gasteiger partial charge in [-0.05, 0) is 44.4 Å². The van der Waals surface area contributed by atoms with E-state index in [2.05, 4.69) is 21.2 Å². The van der Waals surface area contributed by atoms with Crippen molar-refractivity contribution >= 4 is 21.8 Å². The summed E-state index contributed by atoms with van der Waals surface area (Å²) in [7, 11) is 0. The third-order valence-electron chi connectivity index (χ3n) is 2.65. The molecule has 0 aliphatic heterocycles. The third-order valence-corrected chi connectivity index (χ3v) is 3.30. The van der Waals surface area contributed by atoms with Gasteiger partial charge in [0.25, 0.3) is 5.91 Å². The number of hydrogen-bond acceptors (Lipinski definition) is 2. The van der Waals surface area contributed by atoms with E-state index in [1.54, 1.807) is 0 Å². The zero-order chi connectivity index (χ0) is 14.1. The lowest BCUT2D eigenvalue weighted by atomic mass is 10.1. The number of carbonyl (C=O) groups excluding carboxylic acids is 1. The lowest BCUT2D eigenvalue weighted by Crippen LogP contribution is -2.24. The summed E-state index contributed by atoms with van der Waals surface area (Å²) >= 11 is 3.39. The van der Waals surface area contributed by atoms with Crippen LogP contribution in [0.1, 0.15) is 42.6 Å². The fraction of sp³-hybridized carbons (Fsp3) is 0.533. The summed E-state index contributed by atoms with van der Waals surface area (Å²) in [6.07, 6.45) is 2.19. The van der Waals surface area contributed by atoms with Crippen LogP contribution in [0.2, 0.25) is 0 Å². The van der Waals surface area contributed by atoms with Crippen LogP contribution in [-0.2, 0) is 10.1 Å². The molecule has 0 spiro atoms. The van der Waals surface area contributed by atoms with E-state index in [4.69, 9.17) is 4.74 Å². The topological polar surface area (TPSA) is 38.3 Å². The Morgan fingerprint density at radius 2 is 2.16 bits per heavy atom. The van der Waals surface area contributed by atoms with Gasteiger partial charge in [0.15, 0.2) is 0 Å². The second kappa shape index (κ2) is 9.10. The summed E-state index contributed by atoms with van der Waals surface area (Å²) in [5.41, 5.74) is 1.83. The first kappa shape index (κ1) is 16.2. The summed E-state index contributed by atoms with van der Waals surface area (Å²) in [6, 6.07) is 7.64. The quantitative estimate of drug-likeness (QED) is 0.586. The number of rotatable bonds is 8. The lowest BCUT2D eigenvalue weighted by Gasteiger charge is -2.08. The van der Waals surface area contributed by atoms with Crippen molar-refractivity contribution in [1.29, 1.82) is 0 Å². The molecular formula is C15H22BrNO2. The van der Waals surface area contributed by atoms with E-state index in [9.17, 15) is 4.79 Å². The maximum Gasteiger partial charge on any atom is 0.251 e. The summed E-state index contributed by atoms with van der Waals surface area (Å²) < 4.78 is 5.45. The first-order chi connectivity index (χ1) is 9.13. The molecule has 0 saturated heterocycles. The predicted octanol–water partition coefficient (Wildman–Crippen LogP) is 3.52. The largest absolute Gasteiger partial charge is 0.379 e. The molecule has 0 heterocycles. The Hall–Kier alpha value is -0.870. The molecule has 19 heavy (non-hydrogen) atoms. The molecular weight excluding hydrogens is 306 g/mol. The van der Waals surface area contributed by atoms with Gasteiger partial charge in [-0.3, -0.25) is 4.79 Å². The van der Waals surface area contributed by atoms with Crippen molar-refractivity contribution in [3.63, 3.8) is 0 Å². The smallest absolute Gasteiger partial charge is 0.251 e. The van der Waals surface area contributed by atoms with Crippen LogP contribution in [0.4, 0.5) is 0 Å². The average Bonchev–Trinajstić information content (AvgIpc) is 2.42. The van der Waals surface area contributed by atoms with Gasteiger partial charge < -0.3 is 10.1 Å². The normalized spacial score (nSPS) is 10.7. The monoisotopic (exact) mass is 327 g/mol. The molecule has 0 radical (unpaired) electrons. The summed E-state index contributed by atoms with van der Waals surface area (Å²) in [5, 5.41) is 3.69. The molecule has 0 atom stereocenters. The van der Waals surface area contributed by atoms with Crippen molar-refractivity contribution in [3.8, 4) is 0 Å². The molecule has 1 N–H and O–H groups in total. The van der Waals surface area contributed by atoms with Gasteiger partial charge in [-0.2, -0.15) is 0 Å². The van der Waals surface area contributed by atoms with Crippen molar-refractivity contribution in [1.82, 2.24) is 5.32 Å². The molecule has 0 aliphatic carbocycles. The Bertz CT molecular complexity index is 393. The highest BCUT2D eigenvalue weighted by atomic mass is 79.9. The number of amides is 1. The zero-order valence-corrected chi connectivity index (χ0v) is 13.2. The first-order valence-corrected chi connectivity index (χ1v) is 7.80. The van der Waals surface area contributed by atoms with Crippen LogP contribution in [0.25, 0.3) is 0 Å². The van der Waals surface area contributed by atoms with Crippen LogP contribution in [0.5, 0.6) is 0 Å². The zero-order valence-electron chi connectivity index (χ0n) is 11.6. The molecule has 106 valence electrons. The summed E-state index contributed by atoms with van der Waals surface area (Å²) in [5.74, 6) is -0.00687. The van der Waals surface area contributed by atoms with Crippen molar-refractivity contribution in [2.24, 2.45) is 0 Å². The molecule has 0 unspecified atom stereocenters. The number of unbranched alkanes of at least 4 members (excludes halogenated alkanes) is 1. The second-order valence-corrected chi connectivity index (χ2v) is 5.28. The molecule has 1 amide bonds. The minimum atomic E-state index is -0.00687. The predicted molar refractivity (Wildman–Crippen MR) is 81.7 cm³/mol. The van der Waals surface area contributed by atoms with Crippen LogP contribution < -0.4 is 5.32 Å². The van der Waals surface area contributed by atoms with Crippen LogP contribution in [0.3, 0.4) is 0 Å². The Balaban J connectivity index is 2.23. The third kappa shape index (κ3) is 6.73. The molecule has 0 saturated carbocycles. The minimum Gasteiger partial charge on any atom is -0.379 e. The van der Waals surface area contributed by atoms with E-state index in [0.29, 0.717) is 6.54 Å². The highest BCUT2D eigenvalue weighted by Gasteiger charge is 2.05. The van der Waals surface area contributed by atoms with Gasteiger partial charge in [-0.1, -0.05) is 28.1 Å². The fourth-order valence-electron chi connectivity index (χ4n) is 1.65. The van der Waals surface area contributed by atoms with Gasteiger partial charge in [-0.15, -0.1) is 0 Å². The van der Waals surface area contributed by atoms with Crippen LogP contribution in [0, 0.1) is 0 Å². The number of halogens is 1. The molecule has 0 bridgehead atoms. The van der Waals surface area contributed by atoms with E-state index < -0.39 is 0 Å². The first-order valence-electron chi connectivity index (χ1n) is 6.68. The maximum absolute atomic E-state index is 11.9. The van der Waals surface area contributed by atoms with Crippen molar-refractivity contribution in [2.75, 3.05) is 13.2 Å². The van der Waals surface area contributed by atoms with Gasteiger partial charge >= 0.3 is 0 Å². The Kier molecular flexibility index (Phi) is 7.75. The minimum absolute atomic E-state index is 0.00687. The van der Waals surface area contributed by atoms with Gasteiger partial charge in [-0.25, -0.2) is 0 Å². The van der Waals surface area contributed by atoms with Crippen molar-refractivity contribution in [2.45, 2.75) is 38.1 Å². The molecule has 0 aromatic heterocycles. The van der Waals surface area contributed by atoms with E-state index >= 15 is 0 Å². The van der Waals surface area contributed by atoms with E-state index in [-0.39, 0.29) is 12.0 Å². The SMILES string of the molecule is CC(C)OCCCCNC(=O)c1cccc(CBr)c1. The summed E-state index contributed by atoms with van der Waals surface area (Å²) in [4.78, 5) is 11.9. The van der Waals surface area contributed by atoms with Gasteiger partial charge in [0, 0.05) is 24.0 Å². The number of benzene rings is 1. The summed E-state index contributed by atoms with van der Waals surface area (Å²) in [6.45, 7) is 5.50.